The van der Waals surface area contributed by atoms with Crippen molar-refractivity contribution < 1.29 is 14.6 Å². The highest BCUT2D eigenvalue weighted by Gasteiger charge is 2.51. The Bertz CT molecular complexity index is 925. The first-order valence-corrected chi connectivity index (χ1v) is 10.7. The van der Waals surface area contributed by atoms with Gasteiger partial charge in [-0.3, -0.25) is 0 Å². The van der Waals surface area contributed by atoms with Crippen molar-refractivity contribution in [2.75, 3.05) is 26.1 Å². The number of benzene rings is 2. The number of aromatic hydroxyl groups is 1. The van der Waals surface area contributed by atoms with Crippen LogP contribution in [0.5, 0.6) is 17.2 Å². The van der Waals surface area contributed by atoms with Gasteiger partial charge in [0.15, 0.2) is 0 Å². The van der Waals surface area contributed by atoms with Crippen LogP contribution < -0.4 is 20.1 Å². The van der Waals surface area contributed by atoms with Gasteiger partial charge in [0, 0.05) is 17.5 Å². The van der Waals surface area contributed by atoms with Gasteiger partial charge in [0.2, 0.25) is 0 Å². The molecule has 154 valence electrons. The van der Waals surface area contributed by atoms with Crippen LogP contribution in [0.2, 0.25) is 0 Å². The molecule has 1 heterocycles. The predicted molar refractivity (Wildman–Crippen MR) is 115 cm³/mol. The van der Waals surface area contributed by atoms with E-state index in [9.17, 15) is 5.11 Å². The van der Waals surface area contributed by atoms with Gasteiger partial charge in [0.25, 0.3) is 0 Å². The molecule has 2 aromatic carbocycles. The van der Waals surface area contributed by atoms with Gasteiger partial charge >= 0.3 is 0 Å². The van der Waals surface area contributed by atoms with Crippen LogP contribution in [-0.4, -0.2) is 31.9 Å². The van der Waals surface area contributed by atoms with Gasteiger partial charge in [-0.1, -0.05) is 12.8 Å². The molecule has 5 heteroatoms. The second-order valence-electron chi connectivity index (χ2n) is 8.74. The van der Waals surface area contributed by atoms with Crippen molar-refractivity contribution >= 4 is 11.4 Å². The Morgan fingerprint density at radius 3 is 2.79 bits per heavy atom. The highest BCUT2D eigenvalue weighted by Crippen LogP contribution is 2.55. The Morgan fingerprint density at radius 1 is 1.07 bits per heavy atom. The van der Waals surface area contributed by atoms with Crippen LogP contribution in [0.3, 0.4) is 0 Å². The molecule has 2 bridgehead atoms. The number of anilines is 2. The molecule has 2 aromatic rings. The van der Waals surface area contributed by atoms with E-state index in [0.29, 0.717) is 23.5 Å². The molecule has 3 N–H and O–H groups in total. The zero-order valence-electron chi connectivity index (χ0n) is 17.3. The maximum atomic E-state index is 10.9. The minimum Gasteiger partial charge on any atom is -0.506 e. The molecular formula is C24H30N2O3. The summed E-state index contributed by atoms with van der Waals surface area (Å²) in [5, 5.41) is 18.1. The monoisotopic (exact) mass is 394 g/mol. The van der Waals surface area contributed by atoms with Crippen LogP contribution >= 0.6 is 0 Å². The maximum Gasteiger partial charge on any atom is 0.145 e. The van der Waals surface area contributed by atoms with E-state index >= 15 is 0 Å². The van der Waals surface area contributed by atoms with Crippen molar-refractivity contribution in [1.29, 1.82) is 0 Å². The summed E-state index contributed by atoms with van der Waals surface area (Å²) in [5.41, 5.74) is 4.55. The number of phenolic OH excluding ortho intramolecular Hbond substituents is 1. The zero-order valence-corrected chi connectivity index (χ0v) is 17.3. The second-order valence-corrected chi connectivity index (χ2v) is 8.74. The van der Waals surface area contributed by atoms with Crippen molar-refractivity contribution in [3.63, 3.8) is 0 Å². The summed E-state index contributed by atoms with van der Waals surface area (Å²) >= 11 is 0. The summed E-state index contributed by atoms with van der Waals surface area (Å²) < 4.78 is 10.8. The molecule has 5 rings (SSSR count). The molecule has 3 aliphatic rings. The van der Waals surface area contributed by atoms with Crippen LogP contribution in [0, 0.1) is 5.92 Å². The lowest BCUT2D eigenvalue weighted by atomic mass is 9.53. The van der Waals surface area contributed by atoms with E-state index in [4.69, 9.17) is 9.47 Å². The van der Waals surface area contributed by atoms with Crippen LogP contribution in [0.15, 0.2) is 30.3 Å². The molecule has 0 unspecified atom stereocenters. The quantitative estimate of drug-likeness (QED) is 0.667. The largest absolute Gasteiger partial charge is 0.506 e. The van der Waals surface area contributed by atoms with E-state index in [1.54, 1.807) is 14.2 Å². The number of hydrogen-bond donors (Lipinski definition) is 3. The molecule has 29 heavy (non-hydrogen) atoms. The fourth-order valence-electron chi connectivity index (χ4n) is 6.12. The zero-order chi connectivity index (χ0) is 20.0. The van der Waals surface area contributed by atoms with Gasteiger partial charge in [-0.25, -0.2) is 0 Å². The van der Waals surface area contributed by atoms with Crippen LogP contribution in [0.25, 0.3) is 0 Å². The Labute approximate surface area is 172 Å². The number of ether oxygens (including phenoxy) is 2. The average molecular weight is 395 g/mol. The molecule has 1 aliphatic heterocycles. The Kier molecular flexibility index (Phi) is 4.58. The number of piperidine rings is 1. The average Bonchev–Trinajstić information content (AvgIpc) is 2.75. The van der Waals surface area contributed by atoms with Gasteiger partial charge < -0.3 is 25.2 Å². The number of fused-ring (bicyclic) bond motifs is 1. The number of phenols is 1. The van der Waals surface area contributed by atoms with E-state index in [2.05, 4.69) is 16.7 Å². The number of methoxy groups -OCH3 is 2. The molecule has 5 nitrogen and oxygen atoms in total. The van der Waals surface area contributed by atoms with Crippen LogP contribution in [0.1, 0.15) is 43.2 Å². The Hall–Kier alpha value is -2.40. The molecule has 3 atom stereocenters. The van der Waals surface area contributed by atoms with Gasteiger partial charge in [-0.05, 0) is 73.5 Å². The lowest BCUT2D eigenvalue weighted by Crippen LogP contribution is -2.59. The Balaban J connectivity index is 1.53. The van der Waals surface area contributed by atoms with E-state index in [1.165, 1.54) is 43.2 Å². The molecule has 0 amide bonds. The summed E-state index contributed by atoms with van der Waals surface area (Å²) in [5.74, 6) is 2.45. The van der Waals surface area contributed by atoms with E-state index in [1.807, 2.05) is 24.3 Å². The second kappa shape index (κ2) is 7.13. The smallest absolute Gasteiger partial charge is 0.145 e. The van der Waals surface area contributed by atoms with E-state index in [0.717, 1.165) is 30.1 Å². The SMILES string of the molecule is COc1ccc(Nc2cc3c(cc2O)[C@@]24CCCC[C@H]2[C@@H](C3)NCC4)c(OC)c1. The first kappa shape index (κ1) is 18.6. The van der Waals surface area contributed by atoms with Gasteiger partial charge in [0.1, 0.15) is 17.2 Å². The maximum absolute atomic E-state index is 10.9. The third-order valence-electron chi connectivity index (χ3n) is 7.44. The third kappa shape index (κ3) is 2.94. The lowest BCUT2D eigenvalue weighted by molar-refractivity contribution is 0.0796. The summed E-state index contributed by atoms with van der Waals surface area (Å²) in [6.07, 6.45) is 7.41. The fourth-order valence-corrected chi connectivity index (χ4v) is 6.12. The molecule has 2 fully saturated rings. The summed E-state index contributed by atoms with van der Waals surface area (Å²) in [6, 6.07) is 10.4. The third-order valence-corrected chi connectivity index (χ3v) is 7.44. The first-order chi connectivity index (χ1) is 14.1. The highest BCUT2D eigenvalue weighted by molar-refractivity contribution is 5.73. The van der Waals surface area contributed by atoms with E-state index < -0.39 is 0 Å². The molecule has 0 aromatic heterocycles. The number of rotatable bonds is 4. The molecule has 0 spiro atoms. The summed E-state index contributed by atoms with van der Waals surface area (Å²) in [7, 11) is 3.28. The molecule has 1 saturated heterocycles. The van der Waals surface area contributed by atoms with Crippen LogP contribution in [-0.2, 0) is 11.8 Å². The lowest BCUT2D eigenvalue weighted by Gasteiger charge is -2.56. The fraction of sp³-hybridized carbons (Fsp3) is 0.500. The van der Waals surface area contributed by atoms with Gasteiger partial charge in [0.05, 0.1) is 25.6 Å². The van der Waals surface area contributed by atoms with Crippen molar-refractivity contribution in [2.24, 2.45) is 5.92 Å². The number of nitrogens with one attached hydrogen (secondary N) is 2. The number of hydrogen-bond acceptors (Lipinski definition) is 5. The minimum absolute atomic E-state index is 0.246. The summed E-state index contributed by atoms with van der Waals surface area (Å²) in [4.78, 5) is 0. The van der Waals surface area contributed by atoms with Crippen molar-refractivity contribution in [1.82, 2.24) is 5.32 Å². The first-order valence-electron chi connectivity index (χ1n) is 10.7. The summed E-state index contributed by atoms with van der Waals surface area (Å²) in [6.45, 7) is 1.09. The van der Waals surface area contributed by atoms with Crippen molar-refractivity contribution in [3.05, 3.63) is 41.5 Å². The standard InChI is InChI=1S/C24H30N2O3/c1-28-16-6-7-19(23(13-16)29-2)26-21-12-15-11-20-17-5-3-4-8-24(17,9-10-25-20)18(15)14-22(21)27/h6-7,12-14,17,20,25-27H,3-5,8-11H2,1-2H3/t17-,20+,24+/m0/s1. The normalized spacial score (nSPS) is 27.5. The molecule has 0 radical (unpaired) electrons. The molecule has 2 aliphatic carbocycles. The van der Waals surface area contributed by atoms with Gasteiger partial charge in [-0.15, -0.1) is 0 Å². The minimum atomic E-state index is 0.246. The molecule has 1 saturated carbocycles. The van der Waals surface area contributed by atoms with Gasteiger partial charge in [-0.2, -0.15) is 0 Å². The highest BCUT2D eigenvalue weighted by atomic mass is 16.5. The Morgan fingerprint density at radius 2 is 1.97 bits per heavy atom. The van der Waals surface area contributed by atoms with Crippen molar-refractivity contribution in [2.45, 2.75) is 50.0 Å². The predicted octanol–water partition coefficient (Wildman–Crippen LogP) is 4.50. The van der Waals surface area contributed by atoms with E-state index in [-0.39, 0.29) is 5.41 Å². The topological polar surface area (TPSA) is 62.8 Å². The van der Waals surface area contributed by atoms with Crippen LogP contribution in [0.4, 0.5) is 11.4 Å². The van der Waals surface area contributed by atoms with Crippen molar-refractivity contribution in [3.8, 4) is 17.2 Å². The molecular weight excluding hydrogens is 364 g/mol.